The van der Waals surface area contributed by atoms with Gasteiger partial charge < -0.3 is 9.30 Å². The van der Waals surface area contributed by atoms with Crippen LogP contribution in [0, 0.1) is 10.1 Å². The summed E-state index contributed by atoms with van der Waals surface area (Å²) in [6.45, 7) is 0.437. The van der Waals surface area contributed by atoms with Gasteiger partial charge in [0.05, 0.1) is 17.4 Å². The number of alkyl halides is 1. The van der Waals surface area contributed by atoms with Gasteiger partial charge in [0, 0.05) is 43.6 Å². The molecule has 0 bridgehead atoms. The number of hydrogen-bond donors (Lipinski definition) is 0. The molecule has 0 saturated heterocycles. The average Bonchev–Trinajstić information content (AvgIpc) is 2.84. The minimum atomic E-state index is -0.451. The lowest BCUT2D eigenvalue weighted by Gasteiger charge is -2.09. The second-order valence-electron chi connectivity index (χ2n) is 4.24. The Hall–Kier alpha value is -2.08. The van der Waals surface area contributed by atoms with Gasteiger partial charge in [-0.3, -0.25) is 10.1 Å². The maximum atomic E-state index is 10.7. The van der Waals surface area contributed by atoms with Gasteiger partial charge in [0.2, 0.25) is 0 Å². The number of hydrogen-bond acceptors (Lipinski definition) is 4. The molecule has 20 heavy (non-hydrogen) atoms. The second-order valence-corrected chi connectivity index (χ2v) is 4.50. The SMILES string of the molecule is Cn1ccnc1CCOc1ccc([N+](=O)[O-])cc1CCl. The summed E-state index contributed by atoms with van der Waals surface area (Å²) < 4.78 is 7.55. The number of non-ortho nitro benzene ring substituents is 1. The molecule has 0 radical (unpaired) electrons. The van der Waals surface area contributed by atoms with E-state index in [1.54, 1.807) is 12.3 Å². The summed E-state index contributed by atoms with van der Waals surface area (Å²) in [4.78, 5) is 14.4. The van der Waals surface area contributed by atoms with E-state index in [2.05, 4.69) is 4.98 Å². The van der Waals surface area contributed by atoms with Crippen LogP contribution in [0.5, 0.6) is 5.75 Å². The molecule has 0 aliphatic rings. The number of aryl methyl sites for hydroxylation is 1. The Bertz CT molecular complexity index is 613. The zero-order valence-corrected chi connectivity index (χ0v) is 11.7. The predicted molar refractivity (Wildman–Crippen MR) is 75.1 cm³/mol. The molecular formula is C13H14ClN3O3. The summed E-state index contributed by atoms with van der Waals surface area (Å²) in [5.74, 6) is 1.65. The Balaban J connectivity index is 2.02. The van der Waals surface area contributed by atoms with Gasteiger partial charge in [-0.2, -0.15) is 0 Å². The normalized spacial score (nSPS) is 10.5. The largest absolute Gasteiger partial charge is 0.493 e. The number of imidazole rings is 1. The molecule has 0 spiro atoms. The fourth-order valence-corrected chi connectivity index (χ4v) is 2.02. The predicted octanol–water partition coefficient (Wildman–Crippen LogP) is 2.69. The average molecular weight is 296 g/mol. The molecule has 1 aromatic carbocycles. The summed E-state index contributed by atoms with van der Waals surface area (Å²) in [6.07, 6.45) is 4.25. The van der Waals surface area contributed by atoms with Crippen LogP contribution in [0.2, 0.25) is 0 Å². The van der Waals surface area contributed by atoms with Crippen molar-refractivity contribution in [1.82, 2.24) is 9.55 Å². The third kappa shape index (κ3) is 3.27. The minimum absolute atomic E-state index is 0.0112. The standard InChI is InChI=1S/C13H14ClN3O3/c1-16-6-5-15-13(16)4-7-20-12-3-2-11(17(18)19)8-10(12)9-14/h2-3,5-6,8H,4,7,9H2,1H3. The number of nitro benzene ring substituents is 1. The van der Waals surface area contributed by atoms with Crippen LogP contribution in [0.15, 0.2) is 30.6 Å². The summed E-state index contributed by atoms with van der Waals surface area (Å²) >= 11 is 5.79. The molecule has 2 rings (SSSR count). The zero-order chi connectivity index (χ0) is 14.5. The van der Waals surface area contributed by atoms with E-state index < -0.39 is 4.92 Å². The Morgan fingerprint density at radius 3 is 2.90 bits per heavy atom. The van der Waals surface area contributed by atoms with E-state index in [9.17, 15) is 10.1 Å². The van der Waals surface area contributed by atoms with Gasteiger partial charge in [-0.25, -0.2) is 4.98 Å². The molecule has 7 heteroatoms. The first-order chi connectivity index (χ1) is 9.61. The highest BCUT2D eigenvalue weighted by Gasteiger charge is 2.11. The van der Waals surface area contributed by atoms with Gasteiger partial charge >= 0.3 is 0 Å². The number of halogens is 1. The lowest BCUT2D eigenvalue weighted by atomic mass is 10.2. The second kappa shape index (κ2) is 6.38. The van der Waals surface area contributed by atoms with Crippen molar-refractivity contribution < 1.29 is 9.66 Å². The fraction of sp³-hybridized carbons (Fsp3) is 0.308. The fourth-order valence-electron chi connectivity index (χ4n) is 1.81. The van der Waals surface area contributed by atoms with E-state index in [1.807, 2.05) is 17.8 Å². The summed E-state index contributed by atoms with van der Waals surface area (Å²) in [6, 6.07) is 4.42. The molecular weight excluding hydrogens is 282 g/mol. The van der Waals surface area contributed by atoms with Gasteiger partial charge in [0.15, 0.2) is 0 Å². The van der Waals surface area contributed by atoms with E-state index in [0.29, 0.717) is 24.3 Å². The molecule has 2 aromatic rings. The highest BCUT2D eigenvalue weighted by atomic mass is 35.5. The third-order valence-corrected chi connectivity index (χ3v) is 3.19. The molecule has 106 valence electrons. The van der Waals surface area contributed by atoms with E-state index in [-0.39, 0.29) is 11.6 Å². The maximum Gasteiger partial charge on any atom is 0.270 e. The van der Waals surface area contributed by atoms with Crippen LogP contribution in [0.25, 0.3) is 0 Å². The van der Waals surface area contributed by atoms with Crippen molar-refractivity contribution >= 4 is 17.3 Å². The maximum absolute atomic E-state index is 10.7. The first kappa shape index (κ1) is 14.3. The number of rotatable bonds is 6. The Morgan fingerprint density at radius 1 is 1.50 bits per heavy atom. The van der Waals surface area contributed by atoms with E-state index in [4.69, 9.17) is 16.3 Å². The summed E-state index contributed by atoms with van der Waals surface area (Å²) in [5.41, 5.74) is 0.623. The molecule has 6 nitrogen and oxygen atoms in total. The van der Waals surface area contributed by atoms with Crippen molar-refractivity contribution in [1.29, 1.82) is 0 Å². The smallest absolute Gasteiger partial charge is 0.270 e. The lowest BCUT2D eigenvalue weighted by Crippen LogP contribution is -2.07. The van der Waals surface area contributed by atoms with Crippen LogP contribution < -0.4 is 4.74 Å². The van der Waals surface area contributed by atoms with Crippen LogP contribution in [-0.2, 0) is 19.3 Å². The van der Waals surface area contributed by atoms with E-state index in [1.165, 1.54) is 12.1 Å². The van der Waals surface area contributed by atoms with Crippen LogP contribution in [0.3, 0.4) is 0 Å². The number of ether oxygens (including phenoxy) is 1. The highest BCUT2D eigenvalue weighted by molar-refractivity contribution is 6.17. The monoisotopic (exact) mass is 295 g/mol. The van der Waals surface area contributed by atoms with Crippen molar-refractivity contribution in [2.75, 3.05) is 6.61 Å². The Kier molecular flexibility index (Phi) is 4.57. The number of nitro groups is 1. The molecule has 0 fully saturated rings. The molecule has 1 aromatic heterocycles. The van der Waals surface area contributed by atoms with Gasteiger partial charge in [0.1, 0.15) is 11.6 Å². The lowest BCUT2D eigenvalue weighted by molar-refractivity contribution is -0.384. The molecule has 0 amide bonds. The molecule has 0 N–H and O–H groups in total. The molecule has 1 heterocycles. The van der Waals surface area contributed by atoms with E-state index in [0.717, 1.165) is 5.82 Å². The van der Waals surface area contributed by atoms with Gasteiger partial charge in [-0.15, -0.1) is 11.6 Å². The first-order valence-electron chi connectivity index (χ1n) is 6.04. The molecule has 0 aliphatic carbocycles. The summed E-state index contributed by atoms with van der Waals surface area (Å²) in [5, 5.41) is 10.7. The van der Waals surface area contributed by atoms with Crippen molar-refractivity contribution in [3.05, 3.63) is 52.1 Å². The third-order valence-electron chi connectivity index (χ3n) is 2.90. The van der Waals surface area contributed by atoms with Crippen molar-refractivity contribution in [3.63, 3.8) is 0 Å². The molecule has 0 unspecified atom stereocenters. The van der Waals surface area contributed by atoms with Crippen LogP contribution >= 0.6 is 11.6 Å². The quantitative estimate of drug-likeness (QED) is 0.467. The van der Waals surface area contributed by atoms with Gasteiger partial charge in [-0.05, 0) is 6.07 Å². The topological polar surface area (TPSA) is 70.2 Å². The molecule has 0 atom stereocenters. The molecule has 0 aliphatic heterocycles. The van der Waals surface area contributed by atoms with Gasteiger partial charge in [-0.1, -0.05) is 0 Å². The highest BCUT2D eigenvalue weighted by Crippen LogP contribution is 2.25. The summed E-state index contributed by atoms with van der Waals surface area (Å²) in [7, 11) is 1.92. The minimum Gasteiger partial charge on any atom is -0.493 e. The Labute approximate surface area is 121 Å². The first-order valence-corrected chi connectivity index (χ1v) is 6.57. The van der Waals surface area contributed by atoms with Crippen molar-refractivity contribution in [2.24, 2.45) is 7.05 Å². The Morgan fingerprint density at radius 2 is 2.30 bits per heavy atom. The number of aromatic nitrogens is 2. The van der Waals surface area contributed by atoms with Crippen LogP contribution in [0.4, 0.5) is 5.69 Å². The van der Waals surface area contributed by atoms with Crippen molar-refractivity contribution in [3.8, 4) is 5.75 Å². The van der Waals surface area contributed by atoms with Crippen LogP contribution in [0.1, 0.15) is 11.4 Å². The van der Waals surface area contributed by atoms with Crippen LogP contribution in [-0.4, -0.2) is 21.1 Å². The van der Waals surface area contributed by atoms with Crippen molar-refractivity contribution in [2.45, 2.75) is 12.3 Å². The van der Waals surface area contributed by atoms with Gasteiger partial charge in [0.25, 0.3) is 5.69 Å². The number of nitrogens with zero attached hydrogens (tertiary/aromatic N) is 3. The number of benzene rings is 1. The zero-order valence-electron chi connectivity index (χ0n) is 11.0. The van der Waals surface area contributed by atoms with E-state index >= 15 is 0 Å². The molecule has 0 saturated carbocycles.